The number of hydrogen-bond acceptors (Lipinski definition) is 13. The minimum Gasteiger partial charge on any atom is -0.497 e. The van der Waals surface area contributed by atoms with Crippen LogP contribution in [0.5, 0.6) is 5.75 Å². The van der Waals surface area contributed by atoms with E-state index in [0.717, 1.165) is 11.6 Å². The van der Waals surface area contributed by atoms with Gasteiger partial charge < -0.3 is 54.9 Å². The van der Waals surface area contributed by atoms with Gasteiger partial charge in [0.2, 0.25) is 5.91 Å². The molecule has 0 radical (unpaired) electrons. The number of ether oxygens (including phenoxy) is 3. The molecule has 3 aromatic rings. The summed E-state index contributed by atoms with van der Waals surface area (Å²) in [5, 5.41) is 66.1. The normalized spacial score (nSPS) is 30.5. The van der Waals surface area contributed by atoms with E-state index in [0.29, 0.717) is 35.5 Å². The van der Waals surface area contributed by atoms with Crippen LogP contribution in [0.2, 0.25) is 18.6 Å². The fraction of sp³-hybridized carbons (Fsp3) is 0.488. The van der Waals surface area contributed by atoms with Gasteiger partial charge >= 0.3 is 0 Å². The molecule has 4 aliphatic rings. The van der Waals surface area contributed by atoms with Gasteiger partial charge in [-0.15, -0.1) is 0 Å². The number of carbonyl (C=O) groups excluding carboxylic acids is 3. The van der Waals surface area contributed by atoms with Crippen molar-refractivity contribution in [3.63, 3.8) is 0 Å². The Balaban J connectivity index is 1.25. The van der Waals surface area contributed by atoms with Crippen molar-refractivity contribution >= 4 is 48.0 Å². The summed E-state index contributed by atoms with van der Waals surface area (Å²) < 4.78 is 17.5. The van der Waals surface area contributed by atoms with E-state index in [1.54, 1.807) is 36.3 Å². The summed E-state index contributed by atoms with van der Waals surface area (Å²) in [5.74, 6) is -1.48. The molecule has 0 bridgehead atoms. The Morgan fingerprint density at radius 2 is 1.76 bits per heavy atom. The maximum absolute atomic E-state index is 15.3. The average molecular weight is 835 g/mol. The van der Waals surface area contributed by atoms with Crippen molar-refractivity contribution in [3.05, 3.63) is 88.0 Å². The molecule has 0 aliphatic carbocycles. The summed E-state index contributed by atoms with van der Waals surface area (Å²) in [7, 11) is -1.11. The fourth-order valence-corrected chi connectivity index (χ4v) is 13.6. The van der Waals surface area contributed by atoms with E-state index in [1.807, 2.05) is 31.2 Å². The third-order valence-electron chi connectivity index (χ3n) is 12.7. The van der Waals surface area contributed by atoms with Crippen LogP contribution in [-0.4, -0.2) is 124 Å². The number of nitro groups is 1. The Labute approximate surface area is 341 Å². The van der Waals surface area contributed by atoms with Gasteiger partial charge in [0.1, 0.15) is 24.1 Å². The molecule has 59 heavy (non-hydrogen) atoms. The van der Waals surface area contributed by atoms with Crippen molar-refractivity contribution in [2.75, 3.05) is 30.5 Å². The molecule has 10 atom stereocenters. The molecule has 316 valence electrons. The number of aliphatic hydroxyl groups excluding tert-OH is 5. The smallest absolute Gasteiger partial charge is 0.269 e. The summed E-state index contributed by atoms with van der Waals surface area (Å²) in [6.07, 6.45) is -8.54. The second kappa shape index (κ2) is 16.3. The Bertz CT molecular complexity index is 2100. The number of likely N-dealkylation sites (tertiary alicyclic amines) is 1. The lowest BCUT2D eigenvalue weighted by atomic mass is 9.82. The Morgan fingerprint density at radius 3 is 2.44 bits per heavy atom. The third-order valence-corrected chi connectivity index (χ3v) is 17.1. The van der Waals surface area contributed by atoms with Gasteiger partial charge in [-0.25, -0.2) is 0 Å². The monoisotopic (exact) mass is 834 g/mol. The Morgan fingerprint density at radius 1 is 1.03 bits per heavy atom. The molecular formula is C41H50N4O13Si. The number of aliphatic hydroxyl groups is 5. The first-order valence-electron chi connectivity index (χ1n) is 19.6. The minimum atomic E-state index is -2.69. The topological polar surface area (TPSA) is 242 Å². The highest BCUT2D eigenvalue weighted by Gasteiger charge is 2.67. The van der Waals surface area contributed by atoms with Crippen molar-refractivity contribution < 1.29 is 59.1 Å². The second-order valence-electron chi connectivity index (χ2n) is 16.4. The molecule has 4 heterocycles. The molecule has 6 N–H and O–H groups in total. The highest BCUT2D eigenvalue weighted by molar-refractivity contribution is 6.91. The van der Waals surface area contributed by atoms with Crippen molar-refractivity contribution in [1.82, 2.24) is 4.90 Å². The number of hydrogen-bond donors (Lipinski definition) is 6. The molecule has 7 rings (SSSR count). The molecule has 18 heteroatoms. The Kier molecular flexibility index (Phi) is 11.7. The number of carbonyl (C=O) groups is 3. The molecule has 3 fully saturated rings. The van der Waals surface area contributed by atoms with E-state index in [-0.39, 0.29) is 48.4 Å². The van der Waals surface area contributed by atoms with E-state index in [9.17, 15) is 45.2 Å². The number of benzene rings is 3. The fourth-order valence-electron chi connectivity index (χ4n) is 9.64. The van der Waals surface area contributed by atoms with Crippen molar-refractivity contribution in [3.8, 4) is 5.75 Å². The van der Waals surface area contributed by atoms with Gasteiger partial charge in [-0.2, -0.15) is 0 Å². The number of nitro benzene ring substituents is 1. The SMILES string of the molecule is COc1ccc([Si](C)(C)[C@H]2[C@H](CC(=O)N3CCC[C@H]3CO)O[C@@]3(C(=O)N(Cc4cccc(NC(=O)[C@H]5O[C@@H](O)[C@H](O)[C@@H](O)[C@@H]5O)c4)c4ccc([N+](=O)[O-])cc43)[C@@H]2C)cc1. The molecule has 0 aromatic heterocycles. The lowest BCUT2D eigenvalue weighted by Crippen LogP contribution is -2.60. The number of nitrogens with zero attached hydrogens (tertiary/aromatic N) is 3. The van der Waals surface area contributed by atoms with E-state index < -0.39 is 73.1 Å². The molecular weight excluding hydrogens is 785 g/mol. The zero-order valence-corrected chi connectivity index (χ0v) is 34.1. The maximum Gasteiger partial charge on any atom is 0.269 e. The molecule has 3 amide bonds. The van der Waals surface area contributed by atoms with Crippen LogP contribution in [-0.2, 0) is 36.0 Å². The molecule has 0 unspecified atom stereocenters. The number of nitrogens with one attached hydrogen (secondary N) is 1. The predicted octanol–water partition coefficient (Wildman–Crippen LogP) is 1.48. The summed E-state index contributed by atoms with van der Waals surface area (Å²) >= 11 is 0. The number of non-ortho nitro benzene ring substituents is 1. The van der Waals surface area contributed by atoms with Crippen LogP contribution in [0.15, 0.2) is 66.7 Å². The van der Waals surface area contributed by atoms with Gasteiger partial charge in [-0.3, -0.25) is 24.5 Å². The average Bonchev–Trinajstić information content (AvgIpc) is 3.88. The van der Waals surface area contributed by atoms with Crippen LogP contribution in [0.1, 0.15) is 37.3 Å². The van der Waals surface area contributed by atoms with Gasteiger partial charge in [0.15, 0.2) is 18.0 Å². The number of anilines is 2. The van der Waals surface area contributed by atoms with E-state index >= 15 is 4.79 Å². The lowest BCUT2D eigenvalue weighted by molar-refractivity contribution is -0.385. The van der Waals surface area contributed by atoms with Gasteiger partial charge in [0.25, 0.3) is 17.5 Å². The molecule has 3 aromatic carbocycles. The van der Waals surface area contributed by atoms with Crippen molar-refractivity contribution in [2.24, 2.45) is 5.92 Å². The van der Waals surface area contributed by atoms with Crippen LogP contribution < -0.4 is 20.1 Å². The summed E-state index contributed by atoms with van der Waals surface area (Å²) in [4.78, 5) is 57.4. The molecule has 1 spiro atoms. The quantitative estimate of drug-likeness (QED) is 0.0913. The predicted molar refractivity (Wildman–Crippen MR) is 214 cm³/mol. The van der Waals surface area contributed by atoms with Crippen molar-refractivity contribution in [1.29, 1.82) is 0 Å². The summed E-state index contributed by atoms with van der Waals surface area (Å²) in [6, 6.07) is 18.1. The molecule has 0 saturated carbocycles. The van der Waals surface area contributed by atoms with Gasteiger partial charge in [-0.05, 0) is 54.3 Å². The van der Waals surface area contributed by atoms with Crippen molar-refractivity contribution in [2.45, 2.75) is 99.8 Å². The minimum absolute atomic E-state index is 0.0586. The first kappa shape index (κ1) is 42.3. The zero-order valence-electron chi connectivity index (χ0n) is 33.1. The summed E-state index contributed by atoms with van der Waals surface area (Å²) in [5.41, 5.74) is -0.852. The van der Waals surface area contributed by atoms with E-state index in [4.69, 9.17) is 14.2 Å². The van der Waals surface area contributed by atoms with Gasteiger partial charge in [0.05, 0.1) is 57.5 Å². The van der Waals surface area contributed by atoms with Gasteiger partial charge in [0, 0.05) is 35.8 Å². The molecule has 3 saturated heterocycles. The molecule has 17 nitrogen and oxygen atoms in total. The van der Waals surface area contributed by atoms with Gasteiger partial charge in [-0.1, -0.05) is 49.5 Å². The number of methoxy groups -OCH3 is 1. The van der Waals surface area contributed by atoms with Crippen LogP contribution in [0.25, 0.3) is 0 Å². The second-order valence-corrected chi connectivity index (χ2v) is 21.1. The first-order valence-corrected chi connectivity index (χ1v) is 22.7. The largest absolute Gasteiger partial charge is 0.497 e. The standard InChI is InChI=1S/C41H50N4O13Si/c1-22-37(59(3,4)28-13-11-27(56-2)12-14-28)31(19-32(47)43-16-6-9-26(43)21-46)58-41(22)29-18-25(45(54)55)10-15-30(29)44(40(41)53)20-23-7-5-8-24(17-23)42-38(51)36-34(49)33(48)35(50)39(52)57-36/h5,7-8,10-15,17-18,22,26,31,33-37,39,46,48-50,52H,6,9,16,19-21H2,1-4H3,(H,42,51)/t22-,26+,31+,33+,34+,35-,36+,37-,39-,41+/m1/s1. The highest BCUT2D eigenvalue weighted by Crippen LogP contribution is 2.60. The maximum atomic E-state index is 15.3. The zero-order chi connectivity index (χ0) is 42.6. The van der Waals surface area contributed by atoms with Crippen LogP contribution in [0.4, 0.5) is 17.1 Å². The lowest BCUT2D eigenvalue weighted by Gasteiger charge is -2.37. The van der Waals surface area contributed by atoms with E-state index in [1.165, 1.54) is 23.1 Å². The number of amides is 3. The van der Waals surface area contributed by atoms with Crippen LogP contribution in [0, 0.1) is 16.0 Å². The first-order chi connectivity index (χ1) is 28.0. The number of fused-ring (bicyclic) bond motifs is 2. The van der Waals surface area contributed by atoms with E-state index in [2.05, 4.69) is 18.4 Å². The number of rotatable bonds is 11. The third kappa shape index (κ3) is 7.41. The summed E-state index contributed by atoms with van der Waals surface area (Å²) in [6.45, 7) is 6.49. The van der Waals surface area contributed by atoms with Crippen LogP contribution >= 0.6 is 0 Å². The highest BCUT2D eigenvalue weighted by atomic mass is 28.3. The Hall–Kier alpha value is -4.79. The molecule has 4 aliphatic heterocycles. The van der Waals surface area contributed by atoms with Crippen LogP contribution in [0.3, 0.4) is 0 Å².